The van der Waals surface area contributed by atoms with Crippen LogP contribution in [-0.4, -0.2) is 17.8 Å². The van der Waals surface area contributed by atoms with Crippen LogP contribution in [0, 0.1) is 17.2 Å². The van der Waals surface area contributed by atoms with Gasteiger partial charge in [0.25, 0.3) is 5.72 Å². The molecule has 22 heavy (non-hydrogen) atoms. The lowest BCUT2D eigenvalue weighted by Crippen LogP contribution is -2.51. The van der Waals surface area contributed by atoms with Crippen LogP contribution in [0.15, 0.2) is 30.3 Å². The molecular weight excluding hydrogens is 284 g/mol. The second kappa shape index (κ2) is 8.03. The Kier molecular flexibility index (Phi) is 6.39. The zero-order chi connectivity index (χ0) is 16.6. The van der Waals surface area contributed by atoms with Crippen molar-refractivity contribution in [2.24, 2.45) is 5.92 Å². The molecule has 0 aromatic heterocycles. The molecule has 0 aliphatic heterocycles. The Morgan fingerprint density at radius 1 is 1.32 bits per heavy atom. The number of carbonyl (C=O) groups excluding carboxylic acids is 2. The van der Waals surface area contributed by atoms with Gasteiger partial charge in [-0.05, 0) is 11.5 Å². The number of amides is 1. The average Bonchev–Trinajstić information content (AvgIpc) is 2.44. The first-order valence-electron chi connectivity index (χ1n) is 6.96. The standard InChI is InChI=1S/C16H20N2O4/c1-12(2)9-16(11-17,22-13(3)19)18-15(20)21-10-14-7-5-4-6-8-14/h4-8,12H,9-10H2,1-3H3,(H,18,20)/t16-/m0/s1. The van der Waals surface area contributed by atoms with Gasteiger partial charge in [0.1, 0.15) is 12.7 Å². The smallest absolute Gasteiger partial charge is 0.411 e. The molecule has 6 nitrogen and oxygen atoms in total. The summed E-state index contributed by atoms with van der Waals surface area (Å²) in [6, 6.07) is 11.0. The van der Waals surface area contributed by atoms with E-state index in [-0.39, 0.29) is 18.9 Å². The molecule has 6 heteroatoms. The number of alkyl carbamates (subject to hydrolysis) is 1. The third-order valence-electron chi connectivity index (χ3n) is 2.71. The van der Waals surface area contributed by atoms with Gasteiger partial charge in [-0.2, -0.15) is 5.26 Å². The summed E-state index contributed by atoms with van der Waals surface area (Å²) in [7, 11) is 0. The summed E-state index contributed by atoms with van der Waals surface area (Å²) in [4.78, 5) is 23.1. The van der Waals surface area contributed by atoms with E-state index in [9.17, 15) is 14.9 Å². The van der Waals surface area contributed by atoms with Crippen molar-refractivity contribution < 1.29 is 19.1 Å². The fourth-order valence-electron chi connectivity index (χ4n) is 1.96. The number of hydrogen-bond donors (Lipinski definition) is 1. The molecule has 1 aromatic rings. The molecule has 0 bridgehead atoms. The summed E-state index contributed by atoms with van der Waals surface area (Å²) >= 11 is 0. The highest BCUT2D eigenvalue weighted by molar-refractivity contribution is 5.71. The van der Waals surface area contributed by atoms with Crippen molar-refractivity contribution in [1.82, 2.24) is 5.32 Å². The molecular formula is C16H20N2O4. The lowest BCUT2D eigenvalue weighted by atomic mass is 10.0. The van der Waals surface area contributed by atoms with E-state index in [1.165, 1.54) is 6.92 Å². The number of benzene rings is 1. The Morgan fingerprint density at radius 2 is 1.95 bits per heavy atom. The zero-order valence-electron chi connectivity index (χ0n) is 13.0. The van der Waals surface area contributed by atoms with E-state index in [0.717, 1.165) is 5.56 Å². The SMILES string of the molecule is CC(=O)O[C@](C#N)(CC(C)C)NC(=O)OCc1ccccc1. The molecule has 0 saturated carbocycles. The number of hydrogen-bond acceptors (Lipinski definition) is 5. The van der Waals surface area contributed by atoms with Crippen molar-refractivity contribution in [3.8, 4) is 6.07 Å². The van der Waals surface area contributed by atoms with E-state index in [2.05, 4.69) is 5.32 Å². The fourth-order valence-corrected chi connectivity index (χ4v) is 1.96. The highest BCUT2D eigenvalue weighted by atomic mass is 16.6. The van der Waals surface area contributed by atoms with E-state index in [0.29, 0.717) is 0 Å². The van der Waals surface area contributed by atoms with Gasteiger partial charge >= 0.3 is 12.1 Å². The summed E-state index contributed by atoms with van der Waals surface area (Å²) in [5, 5.41) is 11.7. The first kappa shape index (κ1) is 17.5. The largest absolute Gasteiger partial charge is 0.445 e. The number of ether oxygens (including phenoxy) is 2. The third kappa shape index (κ3) is 5.83. The molecule has 1 N–H and O–H groups in total. The highest BCUT2D eigenvalue weighted by Gasteiger charge is 2.37. The second-order valence-electron chi connectivity index (χ2n) is 5.32. The van der Waals surface area contributed by atoms with Gasteiger partial charge < -0.3 is 9.47 Å². The summed E-state index contributed by atoms with van der Waals surface area (Å²) in [6.07, 6.45) is -0.643. The molecule has 0 unspecified atom stereocenters. The van der Waals surface area contributed by atoms with Gasteiger partial charge in [-0.3, -0.25) is 10.1 Å². The van der Waals surface area contributed by atoms with Crippen molar-refractivity contribution in [3.05, 3.63) is 35.9 Å². The van der Waals surface area contributed by atoms with Crippen molar-refractivity contribution in [2.75, 3.05) is 0 Å². The van der Waals surface area contributed by atoms with E-state index in [1.54, 1.807) is 0 Å². The molecule has 0 aliphatic carbocycles. The zero-order valence-corrected chi connectivity index (χ0v) is 13.0. The first-order chi connectivity index (χ1) is 10.4. The van der Waals surface area contributed by atoms with Crippen LogP contribution in [-0.2, 0) is 20.9 Å². The van der Waals surface area contributed by atoms with Gasteiger partial charge in [0.15, 0.2) is 0 Å². The summed E-state index contributed by atoms with van der Waals surface area (Å²) < 4.78 is 10.1. The van der Waals surface area contributed by atoms with Crippen molar-refractivity contribution >= 4 is 12.1 Å². The van der Waals surface area contributed by atoms with Crippen LogP contribution < -0.4 is 5.32 Å². The van der Waals surface area contributed by atoms with E-state index in [1.807, 2.05) is 50.2 Å². The number of carbonyl (C=O) groups is 2. The maximum absolute atomic E-state index is 11.9. The van der Waals surface area contributed by atoms with Crippen LogP contribution in [0.5, 0.6) is 0 Å². The summed E-state index contributed by atoms with van der Waals surface area (Å²) in [5.74, 6) is -0.612. The van der Waals surface area contributed by atoms with E-state index >= 15 is 0 Å². The lowest BCUT2D eigenvalue weighted by molar-refractivity contribution is -0.155. The van der Waals surface area contributed by atoms with Crippen LogP contribution in [0.2, 0.25) is 0 Å². The Hall–Kier alpha value is -2.55. The predicted octanol–water partition coefficient (Wildman–Crippen LogP) is 2.74. The van der Waals surface area contributed by atoms with Crippen molar-refractivity contribution in [2.45, 2.75) is 39.5 Å². The number of esters is 1. The van der Waals surface area contributed by atoms with Gasteiger partial charge in [-0.25, -0.2) is 4.79 Å². The molecule has 0 aliphatic rings. The molecule has 1 amide bonds. The van der Waals surface area contributed by atoms with Gasteiger partial charge in [0.05, 0.1) is 0 Å². The maximum atomic E-state index is 11.9. The average molecular weight is 304 g/mol. The van der Waals surface area contributed by atoms with E-state index < -0.39 is 17.8 Å². The van der Waals surface area contributed by atoms with Crippen LogP contribution in [0.4, 0.5) is 4.79 Å². The summed E-state index contributed by atoms with van der Waals surface area (Å²) in [6.45, 7) is 4.96. The van der Waals surface area contributed by atoms with E-state index in [4.69, 9.17) is 9.47 Å². The quantitative estimate of drug-likeness (QED) is 0.645. The predicted molar refractivity (Wildman–Crippen MR) is 79.3 cm³/mol. The fraction of sp³-hybridized carbons (Fsp3) is 0.438. The molecule has 1 aromatic carbocycles. The van der Waals surface area contributed by atoms with Crippen LogP contribution in [0.25, 0.3) is 0 Å². The summed E-state index contributed by atoms with van der Waals surface area (Å²) in [5.41, 5.74) is -0.898. The molecule has 0 heterocycles. The van der Waals surface area contributed by atoms with Gasteiger partial charge in [-0.15, -0.1) is 0 Å². The van der Waals surface area contributed by atoms with Crippen LogP contribution in [0.1, 0.15) is 32.8 Å². The minimum Gasteiger partial charge on any atom is -0.445 e. The number of nitrogens with one attached hydrogen (secondary N) is 1. The van der Waals surface area contributed by atoms with Gasteiger partial charge in [-0.1, -0.05) is 44.2 Å². The topological polar surface area (TPSA) is 88.4 Å². The van der Waals surface area contributed by atoms with Crippen LogP contribution in [0.3, 0.4) is 0 Å². The normalized spacial score (nSPS) is 12.9. The third-order valence-corrected chi connectivity index (χ3v) is 2.71. The van der Waals surface area contributed by atoms with Crippen molar-refractivity contribution in [1.29, 1.82) is 5.26 Å². The van der Waals surface area contributed by atoms with Crippen LogP contribution >= 0.6 is 0 Å². The number of nitrogens with zero attached hydrogens (tertiary/aromatic N) is 1. The first-order valence-corrected chi connectivity index (χ1v) is 6.96. The molecule has 1 atom stereocenters. The number of rotatable bonds is 6. The molecule has 0 radical (unpaired) electrons. The Bertz CT molecular complexity index is 551. The Labute approximate surface area is 130 Å². The lowest BCUT2D eigenvalue weighted by Gasteiger charge is -2.28. The minimum absolute atomic E-state index is 0.0356. The Balaban J connectivity index is 2.70. The molecule has 118 valence electrons. The molecule has 0 spiro atoms. The second-order valence-corrected chi connectivity index (χ2v) is 5.32. The van der Waals surface area contributed by atoms with Gasteiger partial charge in [0, 0.05) is 13.3 Å². The maximum Gasteiger partial charge on any atom is 0.411 e. The highest BCUT2D eigenvalue weighted by Crippen LogP contribution is 2.19. The van der Waals surface area contributed by atoms with Gasteiger partial charge in [0.2, 0.25) is 0 Å². The molecule has 0 fully saturated rings. The van der Waals surface area contributed by atoms with Crippen molar-refractivity contribution in [3.63, 3.8) is 0 Å². The Morgan fingerprint density at radius 3 is 2.45 bits per heavy atom. The monoisotopic (exact) mass is 304 g/mol. The number of nitriles is 1. The minimum atomic E-state index is -1.71. The molecule has 0 saturated heterocycles. The molecule has 1 rings (SSSR count).